The van der Waals surface area contributed by atoms with Crippen LogP contribution in [0.25, 0.3) is 0 Å². The van der Waals surface area contributed by atoms with Gasteiger partial charge in [0.1, 0.15) is 0 Å². The highest BCUT2D eigenvalue weighted by Crippen LogP contribution is 2.38. The van der Waals surface area contributed by atoms with Crippen molar-refractivity contribution in [3.8, 4) is 0 Å². The van der Waals surface area contributed by atoms with Gasteiger partial charge < -0.3 is 15.0 Å². The monoisotopic (exact) mass is 254 g/mol. The van der Waals surface area contributed by atoms with Gasteiger partial charge in [-0.2, -0.15) is 0 Å². The second kappa shape index (κ2) is 5.89. The molecule has 0 spiro atoms. The van der Waals surface area contributed by atoms with E-state index in [9.17, 15) is 0 Å². The predicted molar refractivity (Wildman–Crippen MR) is 75.8 cm³/mol. The first-order chi connectivity index (χ1) is 8.51. The van der Waals surface area contributed by atoms with E-state index >= 15 is 0 Å². The van der Waals surface area contributed by atoms with E-state index in [4.69, 9.17) is 4.74 Å². The Morgan fingerprint density at radius 1 is 1.44 bits per heavy atom. The molecular weight excluding hydrogens is 224 g/mol. The third-order valence-electron chi connectivity index (χ3n) is 4.50. The van der Waals surface area contributed by atoms with Gasteiger partial charge in [-0.1, -0.05) is 20.8 Å². The van der Waals surface area contributed by atoms with Gasteiger partial charge in [0.2, 0.25) is 0 Å². The predicted octanol–water partition coefficient (Wildman–Crippen LogP) is 1.98. The van der Waals surface area contributed by atoms with Gasteiger partial charge >= 0.3 is 0 Å². The van der Waals surface area contributed by atoms with Crippen LogP contribution in [0.15, 0.2) is 0 Å². The summed E-state index contributed by atoms with van der Waals surface area (Å²) in [6, 6.07) is 0.566. The number of ether oxygens (including phenoxy) is 1. The summed E-state index contributed by atoms with van der Waals surface area (Å²) in [7, 11) is 2.28. The molecule has 18 heavy (non-hydrogen) atoms. The highest BCUT2D eigenvalue weighted by molar-refractivity contribution is 4.91. The maximum atomic E-state index is 5.67. The minimum Gasteiger partial charge on any atom is -0.381 e. The normalized spacial score (nSPS) is 35.7. The zero-order valence-corrected chi connectivity index (χ0v) is 12.5. The summed E-state index contributed by atoms with van der Waals surface area (Å²) in [5.74, 6) is 1.91. The molecule has 0 bridgehead atoms. The molecule has 2 aliphatic rings. The first-order valence-corrected chi connectivity index (χ1v) is 7.50. The highest BCUT2D eigenvalue weighted by atomic mass is 16.5. The van der Waals surface area contributed by atoms with Crippen LogP contribution in [0, 0.1) is 17.3 Å². The highest BCUT2D eigenvalue weighted by Gasteiger charge is 2.38. The van der Waals surface area contributed by atoms with Crippen molar-refractivity contribution in [3.05, 3.63) is 0 Å². The Bertz CT molecular complexity index is 261. The van der Waals surface area contributed by atoms with Crippen LogP contribution in [0.4, 0.5) is 0 Å². The van der Waals surface area contributed by atoms with Gasteiger partial charge in [0.25, 0.3) is 0 Å². The average molecular weight is 254 g/mol. The molecule has 2 fully saturated rings. The summed E-state index contributed by atoms with van der Waals surface area (Å²) in [6.07, 6.45) is 2.63. The fraction of sp³-hybridized carbons (Fsp3) is 1.00. The second-order valence-electron chi connectivity index (χ2n) is 7.01. The minimum absolute atomic E-state index is 0.344. The molecule has 0 radical (unpaired) electrons. The number of rotatable bonds is 7. The Morgan fingerprint density at radius 3 is 2.67 bits per heavy atom. The van der Waals surface area contributed by atoms with Gasteiger partial charge in [0.05, 0.1) is 6.61 Å². The molecule has 1 saturated heterocycles. The first kappa shape index (κ1) is 14.3. The Hall–Kier alpha value is -0.120. The van der Waals surface area contributed by atoms with Gasteiger partial charge in [-0.05, 0) is 31.7 Å². The van der Waals surface area contributed by atoms with Crippen molar-refractivity contribution in [2.24, 2.45) is 17.3 Å². The Balaban J connectivity index is 1.80. The summed E-state index contributed by atoms with van der Waals surface area (Å²) in [6.45, 7) is 12.2. The number of nitrogens with one attached hydrogen (secondary N) is 1. The van der Waals surface area contributed by atoms with Crippen LogP contribution in [-0.4, -0.2) is 50.8 Å². The molecule has 1 heterocycles. The topological polar surface area (TPSA) is 24.5 Å². The lowest BCUT2D eigenvalue weighted by atomic mass is 9.86. The lowest BCUT2D eigenvalue weighted by Crippen LogP contribution is -2.45. The van der Waals surface area contributed by atoms with Crippen molar-refractivity contribution in [1.29, 1.82) is 0 Å². The average Bonchev–Trinajstić information content (AvgIpc) is 2.78. The van der Waals surface area contributed by atoms with Crippen LogP contribution in [0.5, 0.6) is 0 Å². The number of nitrogens with zero attached hydrogens (tertiary/aromatic N) is 1. The summed E-state index contributed by atoms with van der Waals surface area (Å²) in [5.41, 5.74) is 0.344. The molecule has 0 aromatic heterocycles. The molecule has 0 amide bonds. The van der Waals surface area contributed by atoms with Crippen molar-refractivity contribution < 1.29 is 4.74 Å². The number of hydrogen-bond acceptors (Lipinski definition) is 3. The van der Waals surface area contributed by atoms with Crippen LogP contribution in [-0.2, 0) is 4.74 Å². The Kier molecular flexibility index (Phi) is 4.68. The molecule has 3 heteroatoms. The van der Waals surface area contributed by atoms with Crippen molar-refractivity contribution in [2.45, 2.75) is 39.7 Å². The summed E-state index contributed by atoms with van der Waals surface area (Å²) in [5, 5.41) is 3.60. The Labute approximate surface area is 112 Å². The molecule has 106 valence electrons. The molecule has 3 atom stereocenters. The van der Waals surface area contributed by atoms with E-state index in [2.05, 4.69) is 38.0 Å². The van der Waals surface area contributed by atoms with Crippen molar-refractivity contribution in [1.82, 2.24) is 10.2 Å². The first-order valence-electron chi connectivity index (χ1n) is 7.50. The van der Waals surface area contributed by atoms with Crippen LogP contribution >= 0.6 is 0 Å². The fourth-order valence-electron chi connectivity index (χ4n) is 3.08. The summed E-state index contributed by atoms with van der Waals surface area (Å²) >= 11 is 0. The van der Waals surface area contributed by atoms with Crippen LogP contribution in [0.2, 0.25) is 0 Å². The fourth-order valence-corrected chi connectivity index (χ4v) is 3.08. The van der Waals surface area contributed by atoms with Gasteiger partial charge in [0.15, 0.2) is 0 Å². The minimum atomic E-state index is 0.344. The molecule has 3 nitrogen and oxygen atoms in total. The van der Waals surface area contributed by atoms with E-state index in [1.54, 1.807) is 0 Å². The zero-order chi connectivity index (χ0) is 13.2. The third-order valence-corrected chi connectivity index (χ3v) is 4.50. The van der Waals surface area contributed by atoms with Crippen molar-refractivity contribution >= 4 is 0 Å². The zero-order valence-electron chi connectivity index (χ0n) is 12.5. The molecule has 1 saturated carbocycles. The van der Waals surface area contributed by atoms with Crippen LogP contribution in [0.1, 0.15) is 33.6 Å². The Morgan fingerprint density at radius 2 is 2.17 bits per heavy atom. The van der Waals surface area contributed by atoms with E-state index in [1.807, 2.05) is 0 Å². The van der Waals surface area contributed by atoms with E-state index < -0.39 is 0 Å². The van der Waals surface area contributed by atoms with Gasteiger partial charge in [-0.25, -0.2) is 0 Å². The van der Waals surface area contributed by atoms with Gasteiger partial charge in [0, 0.05) is 37.7 Å². The van der Waals surface area contributed by atoms with Gasteiger partial charge in [-0.15, -0.1) is 0 Å². The molecule has 1 N–H and O–H groups in total. The quantitative estimate of drug-likeness (QED) is 0.752. The summed E-state index contributed by atoms with van der Waals surface area (Å²) < 4.78 is 5.67. The molecule has 0 aromatic carbocycles. The SMILES string of the molecule is CC(C)NCC1(CN(C)CC2CC2C)CCOC1. The van der Waals surface area contributed by atoms with Gasteiger partial charge in [-0.3, -0.25) is 0 Å². The molecular formula is C15H30N2O. The lowest BCUT2D eigenvalue weighted by molar-refractivity contribution is 0.115. The van der Waals surface area contributed by atoms with E-state index in [0.29, 0.717) is 11.5 Å². The van der Waals surface area contributed by atoms with Crippen LogP contribution < -0.4 is 5.32 Å². The van der Waals surface area contributed by atoms with E-state index in [1.165, 1.54) is 25.9 Å². The molecule has 2 rings (SSSR count). The lowest BCUT2D eigenvalue weighted by Gasteiger charge is -2.33. The van der Waals surface area contributed by atoms with Crippen molar-refractivity contribution in [2.75, 3.05) is 39.9 Å². The smallest absolute Gasteiger partial charge is 0.0547 e. The molecule has 1 aliphatic heterocycles. The third kappa shape index (κ3) is 3.94. The second-order valence-corrected chi connectivity index (χ2v) is 7.01. The standard InChI is InChI=1S/C15H30N2O/c1-12(2)16-9-15(5-6-18-11-15)10-17(4)8-14-7-13(14)3/h12-14,16H,5-11H2,1-4H3. The van der Waals surface area contributed by atoms with Crippen molar-refractivity contribution in [3.63, 3.8) is 0 Å². The maximum Gasteiger partial charge on any atom is 0.0547 e. The van der Waals surface area contributed by atoms with Crippen LogP contribution in [0.3, 0.4) is 0 Å². The van der Waals surface area contributed by atoms with E-state index in [-0.39, 0.29) is 0 Å². The largest absolute Gasteiger partial charge is 0.381 e. The number of hydrogen-bond donors (Lipinski definition) is 1. The molecule has 1 aliphatic carbocycles. The summed E-state index contributed by atoms with van der Waals surface area (Å²) in [4.78, 5) is 2.53. The van der Waals surface area contributed by atoms with E-state index in [0.717, 1.165) is 31.6 Å². The maximum absolute atomic E-state index is 5.67. The molecule has 3 unspecified atom stereocenters. The molecule has 0 aromatic rings.